The minimum Gasteiger partial charge on any atom is -0.462 e. The lowest BCUT2D eigenvalue weighted by molar-refractivity contribution is -0.128. The molecule has 0 aliphatic carbocycles. The second-order valence-corrected chi connectivity index (χ2v) is 12.3. The maximum Gasteiger partial charge on any atom is 0.318 e. The van der Waals surface area contributed by atoms with Gasteiger partial charge in [-0.2, -0.15) is 15.2 Å². The van der Waals surface area contributed by atoms with Gasteiger partial charge in [-0.15, -0.1) is 0 Å². The lowest BCUT2D eigenvalue weighted by Gasteiger charge is -2.41. The monoisotopic (exact) mass is 614 g/mol. The number of aromatic nitrogens is 2. The van der Waals surface area contributed by atoms with E-state index in [1.165, 1.54) is 6.08 Å². The minimum absolute atomic E-state index is 0.155. The number of likely N-dealkylation sites (N-methyl/N-ethyl adjacent to an activating group) is 2. The molecule has 2 fully saturated rings. The van der Waals surface area contributed by atoms with Crippen LogP contribution in [0.2, 0.25) is 5.02 Å². The molecular formula is C33H39ClN8O2. The standard InChI is InChI=1S/C33H39ClN8O2/c1-4-29(43)42-19-18-41(20-24(42)13-14-35)32-31-27(36-33(37-32)44-22-25-10-7-15-38(25)2)21-40(17-16-39(31)3)28-12-6-9-23-8-5-11-26(34)30(23)28/h4-6,8-9,11-12,24-25H,1,7,10,13,15-22H2,2-3H3/t24-,25+/m0/s1. The minimum atomic E-state index is -0.272. The number of fused-ring (bicyclic) bond motifs is 2. The van der Waals surface area contributed by atoms with E-state index < -0.39 is 0 Å². The first-order valence-electron chi connectivity index (χ1n) is 15.3. The number of rotatable bonds is 7. The van der Waals surface area contributed by atoms with Crippen molar-refractivity contribution in [3.8, 4) is 12.1 Å². The number of carbonyl (C=O) groups is 1. The van der Waals surface area contributed by atoms with Crippen molar-refractivity contribution >= 4 is 45.5 Å². The largest absolute Gasteiger partial charge is 0.462 e. The van der Waals surface area contributed by atoms with Crippen LogP contribution in [-0.4, -0.2) is 97.7 Å². The van der Waals surface area contributed by atoms with Crippen molar-refractivity contribution in [3.05, 3.63) is 59.8 Å². The van der Waals surface area contributed by atoms with Gasteiger partial charge in [-0.1, -0.05) is 42.4 Å². The van der Waals surface area contributed by atoms with Crippen LogP contribution in [0.25, 0.3) is 10.8 Å². The number of benzene rings is 2. The highest BCUT2D eigenvalue weighted by Gasteiger charge is 2.34. The summed E-state index contributed by atoms with van der Waals surface area (Å²) in [6.07, 6.45) is 3.79. The molecule has 2 atom stereocenters. The van der Waals surface area contributed by atoms with Crippen molar-refractivity contribution in [1.82, 2.24) is 19.8 Å². The summed E-state index contributed by atoms with van der Waals surface area (Å²) in [6, 6.07) is 15.0. The fourth-order valence-electron chi connectivity index (χ4n) is 6.74. The van der Waals surface area contributed by atoms with Crippen LogP contribution in [0, 0.1) is 11.3 Å². The Bertz CT molecular complexity index is 1590. The lowest BCUT2D eigenvalue weighted by Crippen LogP contribution is -2.55. The van der Waals surface area contributed by atoms with Gasteiger partial charge >= 0.3 is 6.01 Å². The summed E-state index contributed by atoms with van der Waals surface area (Å²) in [5.74, 6) is 0.622. The molecule has 1 aromatic heterocycles. The Labute approximate surface area is 264 Å². The van der Waals surface area contributed by atoms with Crippen molar-refractivity contribution in [2.75, 3.05) is 74.7 Å². The molecule has 10 nitrogen and oxygen atoms in total. The van der Waals surface area contributed by atoms with Crippen molar-refractivity contribution < 1.29 is 9.53 Å². The fourth-order valence-corrected chi connectivity index (χ4v) is 7.01. The second kappa shape index (κ2) is 12.9. The summed E-state index contributed by atoms with van der Waals surface area (Å²) in [4.78, 5) is 33.5. The zero-order valence-electron chi connectivity index (χ0n) is 25.5. The molecule has 0 unspecified atom stereocenters. The van der Waals surface area contributed by atoms with E-state index in [1.54, 1.807) is 4.90 Å². The topological polar surface area (TPSA) is 92.1 Å². The lowest BCUT2D eigenvalue weighted by atomic mass is 10.1. The predicted octanol–water partition coefficient (Wildman–Crippen LogP) is 4.33. The van der Waals surface area contributed by atoms with E-state index in [0.717, 1.165) is 71.2 Å². The number of ether oxygens (including phenoxy) is 1. The second-order valence-electron chi connectivity index (χ2n) is 11.9. The molecule has 3 aliphatic rings. The summed E-state index contributed by atoms with van der Waals surface area (Å²) < 4.78 is 6.34. The van der Waals surface area contributed by atoms with E-state index in [0.29, 0.717) is 44.8 Å². The Morgan fingerprint density at radius 2 is 1.89 bits per heavy atom. The number of piperazine rings is 1. The Morgan fingerprint density at radius 3 is 2.64 bits per heavy atom. The number of hydrogen-bond acceptors (Lipinski definition) is 9. The average Bonchev–Trinajstić information content (AvgIpc) is 3.37. The molecule has 3 aliphatic heterocycles. The smallest absolute Gasteiger partial charge is 0.318 e. The zero-order valence-corrected chi connectivity index (χ0v) is 26.2. The van der Waals surface area contributed by atoms with Crippen LogP contribution >= 0.6 is 11.6 Å². The summed E-state index contributed by atoms with van der Waals surface area (Å²) in [6.45, 7) is 8.84. The average molecular weight is 615 g/mol. The SMILES string of the molecule is C=CC(=O)N1CCN(c2nc(OC[C@H]3CCCN3C)nc3c2N(C)CCN(c2cccc4cccc(Cl)c24)C3)C[C@@H]1CC#N. The highest BCUT2D eigenvalue weighted by Crippen LogP contribution is 2.39. The molecule has 11 heteroatoms. The molecule has 3 aromatic rings. The van der Waals surface area contributed by atoms with Crippen LogP contribution in [0.4, 0.5) is 17.2 Å². The Balaban J connectivity index is 1.39. The Kier molecular flexibility index (Phi) is 8.78. The maximum atomic E-state index is 12.6. The first kappa shape index (κ1) is 30.0. The van der Waals surface area contributed by atoms with Gasteiger partial charge in [0, 0.05) is 56.9 Å². The number of halogens is 1. The first-order valence-corrected chi connectivity index (χ1v) is 15.7. The van der Waals surface area contributed by atoms with Crippen LogP contribution in [0.5, 0.6) is 6.01 Å². The molecule has 0 N–H and O–H groups in total. The summed E-state index contributed by atoms with van der Waals surface area (Å²) in [5.41, 5.74) is 2.88. The molecule has 44 heavy (non-hydrogen) atoms. The summed E-state index contributed by atoms with van der Waals surface area (Å²) in [7, 11) is 4.20. The predicted molar refractivity (Wildman–Crippen MR) is 175 cm³/mol. The van der Waals surface area contributed by atoms with Crippen LogP contribution < -0.4 is 19.4 Å². The molecule has 6 rings (SSSR count). The van der Waals surface area contributed by atoms with E-state index in [2.05, 4.69) is 70.6 Å². The van der Waals surface area contributed by atoms with Crippen LogP contribution in [0.15, 0.2) is 49.1 Å². The summed E-state index contributed by atoms with van der Waals surface area (Å²) >= 11 is 6.75. The fraction of sp³-hybridized carbons (Fsp3) is 0.455. The first-order chi connectivity index (χ1) is 21.4. The van der Waals surface area contributed by atoms with Gasteiger partial charge < -0.3 is 29.2 Å². The maximum absolute atomic E-state index is 12.6. The highest BCUT2D eigenvalue weighted by atomic mass is 35.5. The third-order valence-corrected chi connectivity index (χ3v) is 9.48. The van der Waals surface area contributed by atoms with Gasteiger partial charge in [0.2, 0.25) is 5.91 Å². The normalized spacial score (nSPS) is 20.8. The van der Waals surface area contributed by atoms with Crippen LogP contribution in [-0.2, 0) is 11.3 Å². The van der Waals surface area contributed by atoms with E-state index in [9.17, 15) is 10.1 Å². The van der Waals surface area contributed by atoms with Crippen LogP contribution in [0.3, 0.4) is 0 Å². The van der Waals surface area contributed by atoms with E-state index in [-0.39, 0.29) is 18.4 Å². The third-order valence-electron chi connectivity index (χ3n) is 9.16. The number of nitrogens with zero attached hydrogens (tertiary/aromatic N) is 8. The highest BCUT2D eigenvalue weighted by molar-refractivity contribution is 6.36. The van der Waals surface area contributed by atoms with Crippen molar-refractivity contribution in [1.29, 1.82) is 5.26 Å². The number of amides is 1. The molecule has 0 saturated carbocycles. The molecule has 2 aromatic carbocycles. The molecule has 1 amide bonds. The number of likely N-dealkylation sites (tertiary alicyclic amines) is 1. The molecule has 230 valence electrons. The quantitative estimate of drug-likeness (QED) is 0.361. The Hall–Kier alpha value is -4.07. The Morgan fingerprint density at radius 1 is 1.09 bits per heavy atom. The van der Waals surface area contributed by atoms with Gasteiger partial charge in [0.05, 0.1) is 35.8 Å². The van der Waals surface area contributed by atoms with Gasteiger partial charge in [-0.25, -0.2) is 0 Å². The van der Waals surface area contributed by atoms with Gasteiger partial charge in [-0.3, -0.25) is 4.79 Å². The van der Waals surface area contributed by atoms with E-state index >= 15 is 0 Å². The van der Waals surface area contributed by atoms with Crippen molar-refractivity contribution in [3.63, 3.8) is 0 Å². The van der Waals surface area contributed by atoms with Gasteiger partial charge in [0.15, 0.2) is 5.82 Å². The van der Waals surface area contributed by atoms with Crippen molar-refractivity contribution in [2.45, 2.75) is 37.9 Å². The number of anilines is 3. The van der Waals surface area contributed by atoms with Gasteiger partial charge in [0.25, 0.3) is 0 Å². The van der Waals surface area contributed by atoms with Gasteiger partial charge in [-0.05, 0) is 50.0 Å². The molecule has 4 heterocycles. The number of carbonyl (C=O) groups excluding carboxylic acids is 1. The molecular weight excluding hydrogens is 576 g/mol. The number of nitriles is 1. The molecule has 0 radical (unpaired) electrons. The molecule has 0 spiro atoms. The van der Waals surface area contributed by atoms with E-state index in [4.69, 9.17) is 26.3 Å². The van der Waals surface area contributed by atoms with Gasteiger partial charge in [0.1, 0.15) is 12.3 Å². The molecule has 2 saturated heterocycles. The number of hydrogen-bond donors (Lipinski definition) is 0. The van der Waals surface area contributed by atoms with Crippen LogP contribution in [0.1, 0.15) is 25.0 Å². The summed E-state index contributed by atoms with van der Waals surface area (Å²) in [5, 5.41) is 12.4. The molecule has 0 bridgehead atoms. The van der Waals surface area contributed by atoms with Crippen molar-refractivity contribution in [2.24, 2.45) is 0 Å². The third kappa shape index (κ3) is 5.86. The zero-order chi connectivity index (χ0) is 30.8. The van der Waals surface area contributed by atoms with E-state index in [1.807, 2.05) is 12.1 Å².